The molecule has 0 atom stereocenters. The van der Waals surface area contributed by atoms with Crippen LogP contribution in [-0.4, -0.2) is 33.9 Å². The smallest absolute Gasteiger partial charge is 0.266 e. The molecule has 6 heteroatoms. The average Bonchev–Trinajstić information content (AvgIpc) is 2.97. The molecule has 0 spiro atoms. The van der Waals surface area contributed by atoms with Crippen molar-refractivity contribution in [3.05, 3.63) is 17.3 Å². The molecule has 3 heterocycles. The lowest BCUT2D eigenvalue weighted by molar-refractivity contribution is 0.0798. The van der Waals surface area contributed by atoms with Gasteiger partial charge in [-0.15, -0.1) is 11.3 Å². The number of thiophene rings is 1. The first-order valence-corrected chi connectivity index (χ1v) is 6.37. The molecular formula is C11H12N4OS. The van der Waals surface area contributed by atoms with Gasteiger partial charge in [0.2, 0.25) is 0 Å². The van der Waals surface area contributed by atoms with Crippen LogP contribution in [0.5, 0.6) is 0 Å². The lowest BCUT2D eigenvalue weighted by Crippen LogP contribution is -2.27. The van der Waals surface area contributed by atoms with Gasteiger partial charge in [-0.25, -0.2) is 9.97 Å². The second-order valence-electron chi connectivity index (χ2n) is 4.05. The lowest BCUT2D eigenvalue weighted by atomic mass is 10.3. The minimum atomic E-state index is 0.0183. The summed E-state index contributed by atoms with van der Waals surface area (Å²) in [5.74, 6) is 0.0183. The van der Waals surface area contributed by atoms with Crippen LogP contribution in [0.15, 0.2) is 12.4 Å². The van der Waals surface area contributed by atoms with Gasteiger partial charge in [0.15, 0.2) is 0 Å². The Hall–Kier alpha value is -1.69. The fraction of sp³-hybridized carbons (Fsp3) is 0.364. The van der Waals surface area contributed by atoms with Gasteiger partial charge in [0, 0.05) is 25.5 Å². The number of carbonyl (C=O) groups excluding carboxylic acids is 1. The number of likely N-dealkylation sites (tertiary alicyclic amines) is 1. The van der Waals surface area contributed by atoms with E-state index in [0.717, 1.165) is 30.8 Å². The largest absolute Gasteiger partial charge is 0.396 e. The van der Waals surface area contributed by atoms with Crippen molar-refractivity contribution >= 4 is 33.3 Å². The highest BCUT2D eigenvalue weighted by atomic mass is 32.1. The Morgan fingerprint density at radius 3 is 2.71 bits per heavy atom. The number of anilines is 1. The van der Waals surface area contributed by atoms with Crippen LogP contribution in [0.4, 0.5) is 5.69 Å². The van der Waals surface area contributed by atoms with Gasteiger partial charge in [-0.05, 0) is 12.8 Å². The molecular weight excluding hydrogens is 236 g/mol. The Labute approximate surface area is 102 Å². The third kappa shape index (κ3) is 1.64. The van der Waals surface area contributed by atoms with E-state index in [0.29, 0.717) is 16.1 Å². The zero-order chi connectivity index (χ0) is 11.8. The van der Waals surface area contributed by atoms with Gasteiger partial charge in [-0.2, -0.15) is 0 Å². The number of hydrogen-bond donors (Lipinski definition) is 1. The average molecular weight is 248 g/mol. The maximum absolute atomic E-state index is 12.2. The minimum Gasteiger partial charge on any atom is -0.396 e. The van der Waals surface area contributed by atoms with Crippen LogP contribution < -0.4 is 5.73 Å². The van der Waals surface area contributed by atoms with Crippen LogP contribution in [0.3, 0.4) is 0 Å². The van der Waals surface area contributed by atoms with Crippen molar-refractivity contribution in [2.45, 2.75) is 12.8 Å². The number of nitrogens with zero attached hydrogens (tertiary/aromatic N) is 3. The topological polar surface area (TPSA) is 72.1 Å². The Bertz CT molecular complexity index is 574. The van der Waals surface area contributed by atoms with Crippen LogP contribution in [0.25, 0.3) is 10.3 Å². The highest BCUT2D eigenvalue weighted by molar-refractivity contribution is 7.21. The van der Waals surface area contributed by atoms with Crippen LogP contribution in [0.2, 0.25) is 0 Å². The third-order valence-electron chi connectivity index (χ3n) is 2.95. The summed E-state index contributed by atoms with van der Waals surface area (Å²) in [6, 6.07) is 0. The number of amides is 1. The number of hydrogen-bond acceptors (Lipinski definition) is 5. The number of nitrogens with two attached hydrogens (primary N) is 1. The molecule has 1 amide bonds. The quantitative estimate of drug-likeness (QED) is 0.830. The summed E-state index contributed by atoms with van der Waals surface area (Å²) >= 11 is 1.33. The molecule has 1 aliphatic heterocycles. The van der Waals surface area contributed by atoms with E-state index >= 15 is 0 Å². The van der Waals surface area contributed by atoms with E-state index in [9.17, 15) is 4.79 Å². The first-order valence-electron chi connectivity index (χ1n) is 5.55. The van der Waals surface area contributed by atoms with E-state index in [-0.39, 0.29) is 5.91 Å². The summed E-state index contributed by atoms with van der Waals surface area (Å²) in [7, 11) is 0. The molecule has 0 bridgehead atoms. The lowest BCUT2D eigenvalue weighted by Gasteiger charge is -2.13. The summed E-state index contributed by atoms with van der Waals surface area (Å²) in [6.07, 6.45) is 5.36. The second kappa shape index (κ2) is 3.96. The van der Waals surface area contributed by atoms with Gasteiger partial charge in [0.1, 0.15) is 15.2 Å². The number of carbonyl (C=O) groups is 1. The van der Waals surface area contributed by atoms with Crippen molar-refractivity contribution in [2.24, 2.45) is 0 Å². The van der Waals surface area contributed by atoms with Gasteiger partial charge in [0.05, 0.1) is 5.69 Å². The van der Waals surface area contributed by atoms with Gasteiger partial charge in [-0.3, -0.25) is 4.79 Å². The molecule has 0 unspecified atom stereocenters. The monoisotopic (exact) mass is 248 g/mol. The van der Waals surface area contributed by atoms with Crippen LogP contribution >= 0.6 is 11.3 Å². The zero-order valence-corrected chi connectivity index (χ0v) is 10.0. The Morgan fingerprint density at radius 2 is 2.00 bits per heavy atom. The molecule has 0 aliphatic carbocycles. The SMILES string of the molecule is Nc1c(C(=O)N2CCCC2)sc2nccnc12. The Balaban J connectivity index is 2.05. The van der Waals surface area contributed by atoms with Crippen molar-refractivity contribution in [2.75, 3.05) is 18.8 Å². The molecule has 0 aromatic carbocycles. The Morgan fingerprint density at radius 1 is 1.29 bits per heavy atom. The molecule has 0 radical (unpaired) electrons. The maximum atomic E-state index is 12.2. The Kier molecular flexibility index (Phi) is 2.44. The second-order valence-corrected chi connectivity index (χ2v) is 5.05. The number of fused-ring (bicyclic) bond motifs is 1. The molecule has 2 N–H and O–H groups in total. The molecule has 0 saturated carbocycles. The summed E-state index contributed by atoms with van der Waals surface area (Å²) < 4.78 is 0. The molecule has 3 rings (SSSR count). The van der Waals surface area contributed by atoms with E-state index in [4.69, 9.17) is 5.73 Å². The zero-order valence-electron chi connectivity index (χ0n) is 9.22. The predicted molar refractivity (Wildman–Crippen MR) is 67.0 cm³/mol. The highest BCUT2D eigenvalue weighted by Gasteiger charge is 2.24. The number of rotatable bonds is 1. The highest BCUT2D eigenvalue weighted by Crippen LogP contribution is 2.31. The maximum Gasteiger partial charge on any atom is 0.266 e. The van der Waals surface area contributed by atoms with Crippen molar-refractivity contribution in [1.82, 2.24) is 14.9 Å². The van der Waals surface area contributed by atoms with Crippen molar-refractivity contribution < 1.29 is 4.79 Å². The fourth-order valence-corrected chi connectivity index (χ4v) is 3.06. The van der Waals surface area contributed by atoms with Gasteiger partial charge in [-0.1, -0.05) is 0 Å². The molecule has 88 valence electrons. The predicted octanol–water partition coefficient (Wildman–Crippen LogP) is 1.51. The number of nitrogen functional groups attached to an aromatic ring is 1. The van der Waals surface area contributed by atoms with Crippen LogP contribution in [-0.2, 0) is 0 Å². The van der Waals surface area contributed by atoms with Gasteiger partial charge >= 0.3 is 0 Å². The van der Waals surface area contributed by atoms with E-state index in [1.165, 1.54) is 11.3 Å². The van der Waals surface area contributed by atoms with Crippen LogP contribution in [0, 0.1) is 0 Å². The molecule has 2 aromatic heterocycles. The third-order valence-corrected chi connectivity index (χ3v) is 4.04. The fourth-order valence-electron chi connectivity index (χ4n) is 2.07. The number of aromatic nitrogens is 2. The normalized spacial score (nSPS) is 15.6. The molecule has 1 saturated heterocycles. The first-order chi connectivity index (χ1) is 8.27. The summed E-state index contributed by atoms with van der Waals surface area (Å²) in [5.41, 5.74) is 7.07. The van der Waals surface area contributed by atoms with Crippen LogP contribution in [0.1, 0.15) is 22.5 Å². The molecule has 1 fully saturated rings. The van der Waals surface area contributed by atoms with E-state index < -0.39 is 0 Å². The van der Waals surface area contributed by atoms with E-state index in [1.807, 2.05) is 4.90 Å². The molecule has 17 heavy (non-hydrogen) atoms. The van der Waals surface area contributed by atoms with E-state index in [2.05, 4.69) is 9.97 Å². The summed E-state index contributed by atoms with van der Waals surface area (Å²) in [6.45, 7) is 1.65. The minimum absolute atomic E-state index is 0.0183. The van der Waals surface area contributed by atoms with Crippen molar-refractivity contribution in [1.29, 1.82) is 0 Å². The van der Waals surface area contributed by atoms with Crippen molar-refractivity contribution in [3.8, 4) is 0 Å². The summed E-state index contributed by atoms with van der Waals surface area (Å²) in [4.78, 5) is 23.7. The van der Waals surface area contributed by atoms with E-state index in [1.54, 1.807) is 12.4 Å². The summed E-state index contributed by atoms with van der Waals surface area (Å²) in [5, 5.41) is 0. The molecule has 2 aromatic rings. The van der Waals surface area contributed by atoms with Gasteiger partial charge in [0.25, 0.3) is 5.91 Å². The first kappa shape index (κ1) is 10.5. The molecule has 1 aliphatic rings. The molecule has 5 nitrogen and oxygen atoms in total. The van der Waals surface area contributed by atoms with Crippen molar-refractivity contribution in [3.63, 3.8) is 0 Å². The van der Waals surface area contributed by atoms with Gasteiger partial charge < -0.3 is 10.6 Å². The standard InChI is InChI=1S/C11H12N4OS/c12-7-8-10(14-4-3-13-8)17-9(7)11(16)15-5-1-2-6-15/h3-4H,1-2,5-6,12H2.